The lowest BCUT2D eigenvalue weighted by Crippen LogP contribution is -2.43. The molecule has 2 aromatic rings. The monoisotopic (exact) mass is 396 g/mol. The van der Waals surface area contributed by atoms with Gasteiger partial charge in [-0.15, -0.1) is 0 Å². The molecule has 154 valence electrons. The third-order valence-corrected chi connectivity index (χ3v) is 4.97. The highest BCUT2D eigenvalue weighted by Gasteiger charge is 2.13. The van der Waals surface area contributed by atoms with E-state index in [0.29, 0.717) is 17.9 Å². The number of nitrogens with zero attached hydrogens (tertiary/aromatic N) is 3. The summed E-state index contributed by atoms with van der Waals surface area (Å²) in [5.41, 5.74) is 2.75. The minimum absolute atomic E-state index is 0.218. The third-order valence-electron chi connectivity index (χ3n) is 4.97. The number of pyridine rings is 1. The van der Waals surface area contributed by atoms with Crippen LogP contribution in [0.25, 0.3) is 0 Å². The molecule has 0 radical (unpaired) electrons. The number of benzene rings is 1. The molecule has 0 aliphatic carbocycles. The van der Waals surface area contributed by atoms with Crippen molar-refractivity contribution in [3.05, 3.63) is 59.3 Å². The number of anilines is 1. The van der Waals surface area contributed by atoms with Crippen LogP contribution in [-0.2, 0) is 13.1 Å². The van der Waals surface area contributed by atoms with Gasteiger partial charge in [-0.1, -0.05) is 24.3 Å². The van der Waals surface area contributed by atoms with E-state index in [4.69, 9.17) is 0 Å². The van der Waals surface area contributed by atoms with Crippen LogP contribution < -0.4 is 16.0 Å². The molecule has 1 saturated heterocycles. The van der Waals surface area contributed by atoms with Gasteiger partial charge >= 0.3 is 6.03 Å². The molecule has 0 saturated carbocycles. The number of nitrogens with one attached hydrogen (secondary N) is 3. The summed E-state index contributed by atoms with van der Waals surface area (Å²) < 4.78 is 0. The Hall–Kier alpha value is -2.97. The van der Waals surface area contributed by atoms with Gasteiger partial charge in [-0.3, -0.25) is 15.0 Å². The van der Waals surface area contributed by atoms with Gasteiger partial charge in [0, 0.05) is 52.5 Å². The van der Waals surface area contributed by atoms with Crippen LogP contribution in [0, 0.1) is 0 Å². The number of hydrogen-bond acceptors (Lipinski definition) is 5. The standard InChI is InChI=1S/C21H28N6O2/c1-22-20(28)18-7-8-19(23-14-18)25-21(29)24-13-16-3-5-17(6-4-16)15-27-11-9-26(2)10-12-27/h3-8,14H,9-13,15H2,1-2H3,(H,22,28)(H2,23,24,25,29). The van der Waals surface area contributed by atoms with Crippen molar-refractivity contribution < 1.29 is 9.59 Å². The number of aromatic nitrogens is 1. The van der Waals surface area contributed by atoms with Gasteiger partial charge in [0.05, 0.1) is 5.56 Å². The van der Waals surface area contributed by atoms with Gasteiger partial charge in [0.2, 0.25) is 0 Å². The predicted octanol–water partition coefficient (Wildman–Crippen LogP) is 1.51. The molecule has 8 nitrogen and oxygen atoms in total. The van der Waals surface area contributed by atoms with E-state index in [1.807, 2.05) is 12.1 Å². The minimum atomic E-state index is -0.341. The summed E-state index contributed by atoms with van der Waals surface area (Å²) in [6, 6.07) is 11.2. The maximum atomic E-state index is 12.1. The zero-order chi connectivity index (χ0) is 20.6. The molecule has 2 heterocycles. The number of amides is 3. The predicted molar refractivity (Wildman–Crippen MR) is 113 cm³/mol. The molecule has 1 aromatic carbocycles. The second-order valence-electron chi connectivity index (χ2n) is 7.21. The Balaban J connectivity index is 1.43. The van der Waals surface area contributed by atoms with Crippen LogP contribution in [0.5, 0.6) is 0 Å². The molecule has 29 heavy (non-hydrogen) atoms. The van der Waals surface area contributed by atoms with Crippen molar-refractivity contribution >= 4 is 17.8 Å². The van der Waals surface area contributed by atoms with E-state index in [1.165, 1.54) is 11.8 Å². The van der Waals surface area contributed by atoms with Gasteiger partial charge in [0.25, 0.3) is 5.91 Å². The molecule has 3 rings (SSSR count). The number of carbonyl (C=O) groups is 2. The number of hydrogen-bond donors (Lipinski definition) is 3. The van der Waals surface area contributed by atoms with Gasteiger partial charge in [0.15, 0.2) is 0 Å². The Morgan fingerprint density at radius 2 is 1.69 bits per heavy atom. The zero-order valence-corrected chi connectivity index (χ0v) is 16.9. The quantitative estimate of drug-likeness (QED) is 0.689. The van der Waals surface area contributed by atoms with Crippen molar-refractivity contribution in [2.24, 2.45) is 0 Å². The SMILES string of the molecule is CNC(=O)c1ccc(NC(=O)NCc2ccc(CN3CCN(C)CC3)cc2)nc1. The molecule has 3 N–H and O–H groups in total. The summed E-state index contributed by atoms with van der Waals surface area (Å²) in [6.07, 6.45) is 1.42. The van der Waals surface area contributed by atoms with E-state index in [1.54, 1.807) is 19.2 Å². The molecule has 0 unspecified atom stereocenters. The number of piperazine rings is 1. The molecule has 0 spiro atoms. The van der Waals surface area contributed by atoms with Crippen molar-refractivity contribution in [3.63, 3.8) is 0 Å². The molecule has 0 atom stereocenters. The molecule has 3 amide bonds. The molecular weight excluding hydrogens is 368 g/mol. The summed E-state index contributed by atoms with van der Waals surface area (Å²) in [4.78, 5) is 32.4. The fraction of sp³-hybridized carbons (Fsp3) is 0.381. The van der Waals surface area contributed by atoms with Crippen LogP contribution in [0.15, 0.2) is 42.6 Å². The van der Waals surface area contributed by atoms with Gasteiger partial charge < -0.3 is 15.5 Å². The van der Waals surface area contributed by atoms with E-state index in [0.717, 1.165) is 38.3 Å². The van der Waals surface area contributed by atoms with Crippen LogP contribution in [0.3, 0.4) is 0 Å². The maximum Gasteiger partial charge on any atom is 0.320 e. The number of carbonyl (C=O) groups excluding carboxylic acids is 2. The summed E-state index contributed by atoms with van der Waals surface area (Å²) in [7, 11) is 3.71. The van der Waals surface area contributed by atoms with Crippen molar-refractivity contribution in [3.8, 4) is 0 Å². The highest BCUT2D eigenvalue weighted by atomic mass is 16.2. The van der Waals surface area contributed by atoms with Crippen molar-refractivity contribution in [1.82, 2.24) is 25.4 Å². The van der Waals surface area contributed by atoms with Crippen LogP contribution >= 0.6 is 0 Å². The van der Waals surface area contributed by atoms with Gasteiger partial charge in [-0.05, 0) is 30.3 Å². The topological polar surface area (TPSA) is 89.6 Å². The van der Waals surface area contributed by atoms with Crippen LogP contribution in [-0.4, -0.2) is 67.0 Å². The van der Waals surface area contributed by atoms with Crippen molar-refractivity contribution in [2.45, 2.75) is 13.1 Å². The molecule has 1 aromatic heterocycles. The van der Waals surface area contributed by atoms with E-state index >= 15 is 0 Å². The second kappa shape index (κ2) is 9.99. The average molecular weight is 396 g/mol. The van der Waals surface area contributed by atoms with Crippen LogP contribution in [0.4, 0.5) is 10.6 Å². The molecule has 8 heteroatoms. The highest BCUT2D eigenvalue weighted by molar-refractivity contribution is 5.94. The Labute approximate surface area is 171 Å². The summed E-state index contributed by atoms with van der Waals surface area (Å²) in [5, 5.41) is 8.00. The fourth-order valence-electron chi connectivity index (χ4n) is 3.12. The Morgan fingerprint density at radius 1 is 1.00 bits per heavy atom. The lowest BCUT2D eigenvalue weighted by molar-refractivity contribution is 0.0962. The highest BCUT2D eigenvalue weighted by Crippen LogP contribution is 2.10. The smallest absolute Gasteiger partial charge is 0.320 e. The molecule has 1 aliphatic rings. The van der Waals surface area contributed by atoms with E-state index in [9.17, 15) is 9.59 Å². The zero-order valence-electron chi connectivity index (χ0n) is 16.9. The number of likely N-dealkylation sites (N-methyl/N-ethyl adjacent to an activating group) is 1. The first-order valence-electron chi connectivity index (χ1n) is 9.75. The number of urea groups is 1. The third kappa shape index (κ3) is 6.27. The largest absolute Gasteiger partial charge is 0.355 e. The normalized spacial score (nSPS) is 15.0. The van der Waals surface area contributed by atoms with E-state index < -0.39 is 0 Å². The minimum Gasteiger partial charge on any atom is -0.355 e. The van der Waals surface area contributed by atoms with E-state index in [2.05, 4.69) is 49.9 Å². The Kier molecular flexibility index (Phi) is 7.15. The maximum absolute atomic E-state index is 12.1. The molecular formula is C21H28N6O2. The van der Waals surface area contributed by atoms with Gasteiger partial charge in [-0.25, -0.2) is 9.78 Å². The summed E-state index contributed by atoms with van der Waals surface area (Å²) in [6.45, 7) is 5.80. The fourth-order valence-corrected chi connectivity index (χ4v) is 3.12. The second-order valence-corrected chi connectivity index (χ2v) is 7.21. The first-order chi connectivity index (χ1) is 14.0. The Bertz CT molecular complexity index is 814. The molecule has 1 aliphatic heterocycles. The lowest BCUT2D eigenvalue weighted by atomic mass is 10.1. The lowest BCUT2D eigenvalue weighted by Gasteiger charge is -2.32. The molecule has 1 fully saturated rings. The van der Waals surface area contributed by atoms with Gasteiger partial charge in [0.1, 0.15) is 5.82 Å². The van der Waals surface area contributed by atoms with Gasteiger partial charge in [-0.2, -0.15) is 0 Å². The van der Waals surface area contributed by atoms with Crippen LogP contribution in [0.2, 0.25) is 0 Å². The first kappa shape index (κ1) is 20.8. The summed E-state index contributed by atoms with van der Waals surface area (Å²) in [5.74, 6) is 0.169. The average Bonchev–Trinajstić information content (AvgIpc) is 2.75. The Morgan fingerprint density at radius 3 is 2.31 bits per heavy atom. The van der Waals surface area contributed by atoms with E-state index in [-0.39, 0.29) is 11.9 Å². The van der Waals surface area contributed by atoms with Crippen molar-refractivity contribution in [1.29, 1.82) is 0 Å². The van der Waals surface area contributed by atoms with Crippen molar-refractivity contribution in [2.75, 3.05) is 45.6 Å². The number of rotatable bonds is 6. The first-order valence-corrected chi connectivity index (χ1v) is 9.75. The summed E-state index contributed by atoms with van der Waals surface area (Å²) >= 11 is 0. The van der Waals surface area contributed by atoms with Crippen LogP contribution in [0.1, 0.15) is 21.5 Å². The molecule has 0 bridgehead atoms.